The molecule has 0 aliphatic carbocycles. The van der Waals surface area contributed by atoms with Gasteiger partial charge >= 0.3 is 0 Å². The summed E-state index contributed by atoms with van der Waals surface area (Å²) in [6, 6.07) is 17.5. The molecule has 6 nitrogen and oxygen atoms in total. The average Bonchev–Trinajstić information content (AvgIpc) is 2.73. The number of halogens is 2. The minimum absolute atomic E-state index is 0.0737. The molecule has 0 radical (unpaired) electrons. The van der Waals surface area contributed by atoms with Gasteiger partial charge in [-0.3, -0.25) is 9.10 Å². The predicted molar refractivity (Wildman–Crippen MR) is 124 cm³/mol. The van der Waals surface area contributed by atoms with Gasteiger partial charge in [-0.2, -0.15) is 0 Å². The number of amides is 1. The summed E-state index contributed by atoms with van der Waals surface area (Å²) in [6.07, 6.45) is 0. The van der Waals surface area contributed by atoms with Crippen molar-refractivity contribution in [1.82, 2.24) is 0 Å². The fourth-order valence-electron chi connectivity index (χ4n) is 2.99. The Hall–Kier alpha value is -2.74. The summed E-state index contributed by atoms with van der Waals surface area (Å²) in [5.41, 5.74) is 1.39. The molecule has 0 saturated heterocycles. The first kappa shape index (κ1) is 22.9. The molecule has 31 heavy (non-hydrogen) atoms. The van der Waals surface area contributed by atoms with Crippen LogP contribution in [0.1, 0.15) is 5.56 Å². The molecular weight excluding hydrogens is 459 g/mol. The monoisotopic (exact) mass is 478 g/mol. The van der Waals surface area contributed by atoms with Crippen molar-refractivity contribution in [3.05, 3.63) is 82.3 Å². The van der Waals surface area contributed by atoms with Crippen LogP contribution in [-0.4, -0.2) is 28.0 Å². The van der Waals surface area contributed by atoms with Gasteiger partial charge in [0.1, 0.15) is 12.3 Å². The third-order valence-corrected chi connectivity index (χ3v) is 6.79. The number of anilines is 2. The number of sulfonamides is 1. The van der Waals surface area contributed by atoms with E-state index < -0.39 is 22.5 Å². The van der Waals surface area contributed by atoms with Crippen LogP contribution in [0.3, 0.4) is 0 Å². The molecule has 0 aliphatic heterocycles. The van der Waals surface area contributed by atoms with E-state index in [0.717, 1.165) is 4.31 Å². The summed E-state index contributed by atoms with van der Waals surface area (Å²) in [5.74, 6) is -0.0696. The highest BCUT2D eigenvalue weighted by Crippen LogP contribution is 2.30. The third kappa shape index (κ3) is 5.31. The Bertz CT molecular complexity index is 1200. The van der Waals surface area contributed by atoms with Crippen molar-refractivity contribution in [3.8, 4) is 5.75 Å². The van der Waals surface area contributed by atoms with Crippen LogP contribution in [0.15, 0.2) is 71.6 Å². The van der Waals surface area contributed by atoms with Crippen molar-refractivity contribution in [1.29, 1.82) is 0 Å². The van der Waals surface area contributed by atoms with Crippen molar-refractivity contribution in [3.63, 3.8) is 0 Å². The van der Waals surface area contributed by atoms with E-state index in [-0.39, 0.29) is 4.90 Å². The lowest BCUT2D eigenvalue weighted by atomic mass is 10.2. The summed E-state index contributed by atoms with van der Waals surface area (Å²) < 4.78 is 32.9. The molecule has 1 N–H and O–H groups in total. The molecule has 0 bridgehead atoms. The second-order valence-corrected chi connectivity index (χ2v) is 9.36. The number of rotatable bonds is 7. The molecular formula is C22H20Cl2N2O4S. The minimum Gasteiger partial charge on any atom is -0.495 e. The highest BCUT2D eigenvalue weighted by atomic mass is 35.5. The number of methoxy groups -OCH3 is 1. The number of aryl methyl sites for hydroxylation is 1. The summed E-state index contributed by atoms with van der Waals surface area (Å²) in [6.45, 7) is 1.29. The van der Waals surface area contributed by atoms with Crippen LogP contribution in [0.4, 0.5) is 11.4 Å². The van der Waals surface area contributed by atoms with Crippen LogP contribution in [0.2, 0.25) is 10.0 Å². The first-order valence-corrected chi connectivity index (χ1v) is 11.4. The van der Waals surface area contributed by atoms with E-state index >= 15 is 0 Å². The fraction of sp³-hybridized carbons (Fsp3) is 0.136. The number of benzene rings is 3. The molecule has 0 saturated carbocycles. The van der Waals surface area contributed by atoms with E-state index in [1.165, 1.54) is 25.3 Å². The Morgan fingerprint density at radius 1 is 1.03 bits per heavy atom. The number of hydrogen-bond donors (Lipinski definition) is 1. The van der Waals surface area contributed by atoms with Gasteiger partial charge in [-0.25, -0.2) is 8.42 Å². The summed E-state index contributed by atoms with van der Waals surface area (Å²) in [4.78, 5) is 12.9. The van der Waals surface area contributed by atoms with Gasteiger partial charge in [0, 0.05) is 10.7 Å². The lowest BCUT2D eigenvalue weighted by molar-refractivity contribution is -0.114. The Kier molecular flexibility index (Phi) is 7.10. The highest BCUT2D eigenvalue weighted by molar-refractivity contribution is 7.92. The number of nitrogens with one attached hydrogen (secondary N) is 1. The molecule has 0 aromatic heterocycles. The smallest absolute Gasteiger partial charge is 0.264 e. The summed E-state index contributed by atoms with van der Waals surface area (Å²) in [7, 11) is -2.53. The van der Waals surface area contributed by atoms with Crippen molar-refractivity contribution in [2.24, 2.45) is 0 Å². The van der Waals surface area contributed by atoms with E-state index in [2.05, 4.69) is 5.32 Å². The Labute approximate surface area is 191 Å². The van der Waals surface area contributed by atoms with Crippen LogP contribution in [0.25, 0.3) is 0 Å². The maximum Gasteiger partial charge on any atom is 0.264 e. The first-order valence-electron chi connectivity index (χ1n) is 9.19. The van der Waals surface area contributed by atoms with Gasteiger partial charge in [0.25, 0.3) is 10.0 Å². The third-order valence-electron chi connectivity index (χ3n) is 4.48. The lowest BCUT2D eigenvalue weighted by Gasteiger charge is -2.25. The van der Waals surface area contributed by atoms with Gasteiger partial charge in [-0.05, 0) is 61.0 Å². The molecule has 0 aliphatic rings. The molecule has 0 atom stereocenters. The predicted octanol–water partition coefficient (Wildman–Crippen LogP) is 5.14. The fourth-order valence-corrected chi connectivity index (χ4v) is 4.98. The quantitative estimate of drug-likeness (QED) is 0.509. The largest absolute Gasteiger partial charge is 0.495 e. The van der Waals surface area contributed by atoms with Crippen molar-refractivity contribution >= 4 is 50.5 Å². The summed E-state index contributed by atoms with van der Waals surface area (Å²) in [5, 5.41) is 3.47. The topological polar surface area (TPSA) is 75.7 Å². The van der Waals surface area contributed by atoms with E-state index in [9.17, 15) is 13.2 Å². The van der Waals surface area contributed by atoms with Crippen LogP contribution in [-0.2, 0) is 14.8 Å². The number of nitrogens with zero attached hydrogens (tertiary/aromatic N) is 1. The highest BCUT2D eigenvalue weighted by Gasteiger charge is 2.28. The average molecular weight is 479 g/mol. The van der Waals surface area contributed by atoms with Crippen LogP contribution >= 0.6 is 23.2 Å². The maximum absolute atomic E-state index is 13.4. The van der Waals surface area contributed by atoms with Crippen molar-refractivity contribution < 1.29 is 17.9 Å². The molecule has 3 aromatic carbocycles. The zero-order chi connectivity index (χ0) is 22.6. The summed E-state index contributed by atoms with van der Waals surface area (Å²) >= 11 is 12.1. The van der Waals surface area contributed by atoms with Gasteiger partial charge in [-0.1, -0.05) is 41.4 Å². The van der Waals surface area contributed by atoms with E-state index in [1.807, 2.05) is 0 Å². The standard InChI is InChI=1S/C22H20Cl2N2O4S/c1-15-12-16(23)8-10-20(15)26(31(28,29)18-6-4-3-5-7-18)14-22(27)25-17-9-11-21(30-2)19(24)13-17/h3-13H,14H2,1-2H3,(H,25,27). The Morgan fingerprint density at radius 2 is 1.74 bits per heavy atom. The number of carbonyl (C=O) groups excluding carboxylic acids is 1. The van der Waals surface area contributed by atoms with E-state index in [4.69, 9.17) is 27.9 Å². The number of carbonyl (C=O) groups is 1. The molecule has 1 amide bonds. The van der Waals surface area contributed by atoms with Crippen LogP contribution in [0, 0.1) is 6.92 Å². The maximum atomic E-state index is 13.4. The Morgan fingerprint density at radius 3 is 2.35 bits per heavy atom. The lowest BCUT2D eigenvalue weighted by Crippen LogP contribution is -2.38. The van der Waals surface area contributed by atoms with Gasteiger partial charge in [-0.15, -0.1) is 0 Å². The Balaban J connectivity index is 1.95. The molecule has 9 heteroatoms. The number of ether oxygens (including phenoxy) is 1. The second kappa shape index (κ2) is 9.60. The second-order valence-electron chi connectivity index (χ2n) is 6.65. The SMILES string of the molecule is COc1ccc(NC(=O)CN(c2ccc(Cl)cc2C)S(=O)(=O)c2ccccc2)cc1Cl. The molecule has 0 heterocycles. The van der Waals surface area contributed by atoms with Crippen LogP contribution in [0.5, 0.6) is 5.75 Å². The first-order chi connectivity index (χ1) is 14.7. The minimum atomic E-state index is -4.01. The van der Waals surface area contributed by atoms with E-state index in [0.29, 0.717) is 32.7 Å². The van der Waals surface area contributed by atoms with Crippen molar-refractivity contribution in [2.75, 3.05) is 23.3 Å². The van der Waals surface area contributed by atoms with Gasteiger partial charge in [0.05, 0.1) is 22.7 Å². The zero-order valence-corrected chi connectivity index (χ0v) is 19.1. The molecule has 3 rings (SSSR count). The molecule has 0 fully saturated rings. The van der Waals surface area contributed by atoms with E-state index in [1.54, 1.807) is 55.5 Å². The molecule has 162 valence electrons. The molecule has 3 aromatic rings. The molecule has 0 unspecified atom stereocenters. The number of hydrogen-bond acceptors (Lipinski definition) is 4. The van der Waals surface area contributed by atoms with Gasteiger partial charge in [0.15, 0.2) is 0 Å². The van der Waals surface area contributed by atoms with Gasteiger partial charge < -0.3 is 10.1 Å². The van der Waals surface area contributed by atoms with Gasteiger partial charge in [0.2, 0.25) is 5.91 Å². The zero-order valence-electron chi connectivity index (χ0n) is 16.8. The van der Waals surface area contributed by atoms with Crippen molar-refractivity contribution in [2.45, 2.75) is 11.8 Å². The van der Waals surface area contributed by atoms with Crippen LogP contribution < -0.4 is 14.4 Å². The normalized spacial score (nSPS) is 11.1. The molecule has 0 spiro atoms.